The Kier molecular flexibility index (Phi) is 10.4. The maximum absolute atomic E-state index is 13.1. The number of amides is 3. The first kappa shape index (κ1) is 31.3. The summed E-state index contributed by atoms with van der Waals surface area (Å²) in [5.41, 5.74) is 2.18. The number of alkyl carbamates (subject to hydrolysis) is 1. The van der Waals surface area contributed by atoms with Gasteiger partial charge in [0.2, 0.25) is 17.8 Å². The van der Waals surface area contributed by atoms with E-state index in [1.165, 1.54) is 19.3 Å². The summed E-state index contributed by atoms with van der Waals surface area (Å²) >= 11 is 0. The number of benzene rings is 1. The molecule has 1 saturated carbocycles. The highest BCUT2D eigenvalue weighted by Crippen LogP contribution is 2.27. The molecule has 0 unspecified atom stereocenters. The van der Waals surface area contributed by atoms with Gasteiger partial charge in [-0.25, -0.2) is 14.8 Å². The van der Waals surface area contributed by atoms with Gasteiger partial charge < -0.3 is 24.8 Å². The van der Waals surface area contributed by atoms with Gasteiger partial charge in [-0.05, 0) is 63.6 Å². The SMILES string of the molecule is CN(Cc1cccc(-c2cnc(N3CCC(C(=O)N(C)C4CCCCC4)CC3)nc2)c1)C(=O)CNC(=O)OC(C)(C)C. The number of hydrogen-bond donors (Lipinski definition) is 1. The van der Waals surface area contributed by atoms with Crippen LogP contribution in [0.3, 0.4) is 0 Å². The van der Waals surface area contributed by atoms with Crippen LogP contribution in [0.1, 0.15) is 71.3 Å². The zero-order valence-electron chi connectivity index (χ0n) is 25.8. The van der Waals surface area contributed by atoms with E-state index in [1.54, 1.807) is 32.7 Å². The normalized spacial score (nSPS) is 16.5. The molecule has 1 aromatic carbocycles. The Balaban J connectivity index is 1.27. The van der Waals surface area contributed by atoms with Crippen LogP contribution in [0, 0.1) is 5.92 Å². The summed E-state index contributed by atoms with van der Waals surface area (Å²) in [5, 5.41) is 2.51. The molecule has 2 fully saturated rings. The second kappa shape index (κ2) is 14.0. The van der Waals surface area contributed by atoms with E-state index >= 15 is 0 Å². The Morgan fingerprint density at radius 3 is 2.29 bits per heavy atom. The number of anilines is 1. The summed E-state index contributed by atoms with van der Waals surface area (Å²) in [6, 6.07) is 8.32. The maximum Gasteiger partial charge on any atom is 0.408 e. The van der Waals surface area contributed by atoms with E-state index in [4.69, 9.17) is 4.74 Å². The molecule has 2 aliphatic rings. The summed E-state index contributed by atoms with van der Waals surface area (Å²) in [6.07, 6.45) is 10.7. The maximum atomic E-state index is 13.1. The van der Waals surface area contributed by atoms with Gasteiger partial charge in [0, 0.05) is 63.6 Å². The monoisotopic (exact) mass is 578 g/mol. The lowest BCUT2D eigenvalue weighted by Gasteiger charge is -2.37. The molecule has 2 aromatic rings. The minimum Gasteiger partial charge on any atom is -0.444 e. The Bertz CT molecular complexity index is 1210. The first-order chi connectivity index (χ1) is 20.0. The van der Waals surface area contributed by atoms with Crippen molar-refractivity contribution in [3.63, 3.8) is 0 Å². The number of hydrogen-bond acceptors (Lipinski definition) is 7. The van der Waals surface area contributed by atoms with Crippen molar-refractivity contribution in [1.82, 2.24) is 25.1 Å². The fourth-order valence-electron chi connectivity index (χ4n) is 5.70. The molecule has 42 heavy (non-hydrogen) atoms. The van der Waals surface area contributed by atoms with E-state index in [0.717, 1.165) is 55.5 Å². The van der Waals surface area contributed by atoms with Gasteiger partial charge >= 0.3 is 6.09 Å². The molecule has 1 saturated heterocycles. The second-order valence-corrected chi connectivity index (χ2v) is 12.6. The van der Waals surface area contributed by atoms with Crippen molar-refractivity contribution in [1.29, 1.82) is 0 Å². The number of nitrogens with zero attached hydrogens (tertiary/aromatic N) is 5. The molecule has 10 heteroatoms. The quantitative estimate of drug-likeness (QED) is 0.486. The number of rotatable bonds is 8. The first-order valence-corrected chi connectivity index (χ1v) is 15.1. The smallest absolute Gasteiger partial charge is 0.408 e. The van der Waals surface area contributed by atoms with Crippen molar-refractivity contribution < 1.29 is 19.1 Å². The van der Waals surface area contributed by atoms with Crippen molar-refractivity contribution in [2.24, 2.45) is 5.92 Å². The van der Waals surface area contributed by atoms with Crippen LogP contribution in [0.15, 0.2) is 36.7 Å². The van der Waals surface area contributed by atoms with Crippen LogP contribution in [-0.2, 0) is 20.9 Å². The van der Waals surface area contributed by atoms with Gasteiger partial charge in [-0.3, -0.25) is 9.59 Å². The molecule has 4 rings (SSSR count). The highest BCUT2D eigenvalue weighted by atomic mass is 16.6. The van der Waals surface area contributed by atoms with Crippen molar-refractivity contribution in [3.05, 3.63) is 42.2 Å². The number of aromatic nitrogens is 2. The van der Waals surface area contributed by atoms with Crippen LogP contribution in [0.4, 0.5) is 10.7 Å². The van der Waals surface area contributed by atoms with E-state index in [2.05, 4.69) is 20.2 Å². The van der Waals surface area contributed by atoms with E-state index in [0.29, 0.717) is 24.4 Å². The number of carbonyl (C=O) groups is 3. The van der Waals surface area contributed by atoms with Gasteiger partial charge in [0.25, 0.3) is 0 Å². The third-order valence-electron chi connectivity index (χ3n) is 8.12. The molecule has 1 aliphatic carbocycles. The summed E-state index contributed by atoms with van der Waals surface area (Å²) in [7, 11) is 3.69. The number of carbonyl (C=O) groups excluding carboxylic acids is 3. The van der Waals surface area contributed by atoms with Crippen LogP contribution in [-0.4, -0.2) is 83.0 Å². The van der Waals surface area contributed by atoms with Crippen molar-refractivity contribution in [2.75, 3.05) is 38.6 Å². The molecule has 0 spiro atoms. The lowest BCUT2D eigenvalue weighted by atomic mass is 9.91. The lowest BCUT2D eigenvalue weighted by molar-refractivity contribution is -0.137. The van der Waals surface area contributed by atoms with Crippen LogP contribution in [0.25, 0.3) is 11.1 Å². The average Bonchev–Trinajstić information content (AvgIpc) is 2.99. The van der Waals surface area contributed by atoms with Gasteiger partial charge in [0.15, 0.2) is 0 Å². The Morgan fingerprint density at radius 2 is 1.64 bits per heavy atom. The first-order valence-electron chi connectivity index (χ1n) is 15.1. The molecule has 0 bridgehead atoms. The molecule has 1 aliphatic heterocycles. The summed E-state index contributed by atoms with van der Waals surface area (Å²) in [6.45, 7) is 7.12. The molecule has 228 valence electrons. The molecule has 2 heterocycles. The fraction of sp³-hybridized carbons (Fsp3) is 0.594. The molecule has 3 amide bonds. The third kappa shape index (κ3) is 8.66. The summed E-state index contributed by atoms with van der Waals surface area (Å²) in [4.78, 5) is 52.5. The number of likely N-dealkylation sites (N-methyl/N-ethyl adjacent to an activating group) is 1. The number of nitrogens with one attached hydrogen (secondary N) is 1. The van der Waals surface area contributed by atoms with E-state index in [1.807, 2.05) is 48.6 Å². The van der Waals surface area contributed by atoms with Crippen LogP contribution < -0.4 is 10.2 Å². The van der Waals surface area contributed by atoms with Gasteiger partial charge in [-0.1, -0.05) is 37.5 Å². The Morgan fingerprint density at radius 1 is 0.976 bits per heavy atom. The van der Waals surface area contributed by atoms with Crippen molar-refractivity contribution >= 4 is 23.9 Å². The standard InChI is InChI=1S/C32H46N6O4/c1-32(2,3)42-31(41)35-21-28(39)36(4)22-23-10-9-11-25(18-23)26-19-33-30(34-20-26)38-16-14-24(15-17-38)29(40)37(5)27-12-7-6-8-13-27/h9-11,18-20,24,27H,6-8,12-17,21-22H2,1-5H3,(H,35,41). The highest BCUT2D eigenvalue weighted by Gasteiger charge is 2.31. The molecule has 0 radical (unpaired) electrons. The van der Waals surface area contributed by atoms with Gasteiger partial charge in [0.1, 0.15) is 12.1 Å². The third-order valence-corrected chi connectivity index (χ3v) is 8.12. The molecular formula is C32H46N6O4. The minimum atomic E-state index is -0.621. The van der Waals surface area contributed by atoms with Crippen molar-refractivity contribution in [3.8, 4) is 11.1 Å². The molecule has 1 N–H and O–H groups in total. The number of ether oxygens (including phenoxy) is 1. The molecule has 10 nitrogen and oxygen atoms in total. The van der Waals surface area contributed by atoms with Crippen molar-refractivity contribution in [2.45, 2.75) is 83.9 Å². The van der Waals surface area contributed by atoms with Gasteiger partial charge in [-0.15, -0.1) is 0 Å². The van der Waals surface area contributed by atoms with Gasteiger partial charge in [0.05, 0.1) is 0 Å². The van der Waals surface area contributed by atoms with Crippen LogP contribution in [0.5, 0.6) is 0 Å². The minimum absolute atomic E-state index is 0.0771. The largest absolute Gasteiger partial charge is 0.444 e. The predicted molar refractivity (Wildman–Crippen MR) is 163 cm³/mol. The molecule has 0 atom stereocenters. The lowest BCUT2D eigenvalue weighted by Crippen LogP contribution is -2.45. The highest BCUT2D eigenvalue weighted by molar-refractivity contribution is 5.82. The Labute approximate surface area is 249 Å². The van der Waals surface area contributed by atoms with E-state index in [9.17, 15) is 14.4 Å². The van der Waals surface area contributed by atoms with Crippen LogP contribution >= 0.6 is 0 Å². The average molecular weight is 579 g/mol. The van der Waals surface area contributed by atoms with Crippen LogP contribution in [0.2, 0.25) is 0 Å². The zero-order chi connectivity index (χ0) is 30.3. The Hall–Kier alpha value is -3.69. The second-order valence-electron chi connectivity index (χ2n) is 12.6. The summed E-state index contributed by atoms with van der Waals surface area (Å²) in [5.74, 6) is 0.840. The predicted octanol–water partition coefficient (Wildman–Crippen LogP) is 4.63. The van der Waals surface area contributed by atoms with Gasteiger partial charge in [-0.2, -0.15) is 0 Å². The van der Waals surface area contributed by atoms with E-state index < -0.39 is 11.7 Å². The molecule has 1 aromatic heterocycles. The fourth-order valence-corrected chi connectivity index (χ4v) is 5.70. The zero-order valence-corrected chi connectivity index (χ0v) is 25.8. The topological polar surface area (TPSA) is 108 Å². The molecular weight excluding hydrogens is 532 g/mol. The number of piperidine rings is 1. The summed E-state index contributed by atoms with van der Waals surface area (Å²) < 4.78 is 5.19. The van der Waals surface area contributed by atoms with E-state index in [-0.39, 0.29) is 18.4 Å².